The minimum atomic E-state index is -0.467. The minimum absolute atomic E-state index is 0.0890. The number of aromatic nitrogens is 3. The van der Waals surface area contributed by atoms with Gasteiger partial charge in [0.25, 0.3) is 0 Å². The number of amides is 2. The van der Waals surface area contributed by atoms with Gasteiger partial charge >= 0.3 is 0 Å². The quantitative estimate of drug-likeness (QED) is 0.781. The van der Waals surface area contributed by atoms with Crippen LogP contribution in [0.5, 0.6) is 0 Å². The molecule has 0 bridgehead atoms. The number of nitrogens with one attached hydrogen (secondary N) is 2. The van der Waals surface area contributed by atoms with E-state index in [1.165, 1.54) is 11.8 Å². The van der Waals surface area contributed by atoms with E-state index < -0.39 is 10.8 Å². The molecule has 7 nitrogen and oxygen atoms in total. The van der Waals surface area contributed by atoms with E-state index in [-0.39, 0.29) is 11.8 Å². The van der Waals surface area contributed by atoms with E-state index in [1.807, 2.05) is 42.6 Å². The zero-order chi connectivity index (χ0) is 17.2. The molecule has 2 aromatic rings. The van der Waals surface area contributed by atoms with Gasteiger partial charge in [0.1, 0.15) is 11.9 Å². The highest BCUT2D eigenvalue weighted by molar-refractivity contribution is 8.01. The molecule has 1 fully saturated rings. The monoisotopic (exact) mass is 347 g/mol. The highest BCUT2D eigenvalue weighted by Gasteiger charge is 2.37. The van der Waals surface area contributed by atoms with Crippen LogP contribution in [0.15, 0.2) is 24.4 Å². The number of rotatable bonds is 5. The molecule has 2 amide bonds. The van der Waals surface area contributed by atoms with Crippen molar-refractivity contribution in [1.29, 1.82) is 0 Å². The van der Waals surface area contributed by atoms with Crippen LogP contribution in [-0.2, 0) is 16.0 Å². The lowest BCUT2D eigenvalue weighted by Crippen LogP contribution is -2.57. The van der Waals surface area contributed by atoms with Crippen molar-refractivity contribution in [3.63, 3.8) is 0 Å². The second-order valence-corrected chi connectivity index (χ2v) is 7.93. The lowest BCUT2D eigenvalue weighted by atomic mass is 10.1. The fraction of sp³-hybridized carbons (Fsp3) is 0.500. The van der Waals surface area contributed by atoms with Crippen molar-refractivity contribution in [2.75, 3.05) is 12.3 Å². The maximum Gasteiger partial charge on any atom is 0.243 e. The van der Waals surface area contributed by atoms with Crippen molar-refractivity contribution < 1.29 is 9.59 Å². The summed E-state index contributed by atoms with van der Waals surface area (Å²) in [6, 6.07) is 5.31. The molecule has 3 heterocycles. The Kier molecular flexibility index (Phi) is 4.75. The van der Waals surface area contributed by atoms with Gasteiger partial charge in [-0.15, -0.1) is 22.0 Å². The van der Waals surface area contributed by atoms with Gasteiger partial charge in [0, 0.05) is 24.9 Å². The van der Waals surface area contributed by atoms with Crippen molar-refractivity contribution in [2.24, 2.45) is 0 Å². The zero-order valence-corrected chi connectivity index (χ0v) is 14.6. The van der Waals surface area contributed by atoms with Crippen molar-refractivity contribution in [3.8, 4) is 0 Å². The smallest absolute Gasteiger partial charge is 0.243 e. The average Bonchev–Trinajstić information content (AvgIpc) is 2.97. The molecule has 2 aromatic heterocycles. The van der Waals surface area contributed by atoms with Crippen molar-refractivity contribution in [3.05, 3.63) is 30.2 Å². The summed E-state index contributed by atoms with van der Waals surface area (Å²) in [5, 5.41) is 13.9. The zero-order valence-electron chi connectivity index (χ0n) is 13.8. The third-order valence-corrected chi connectivity index (χ3v) is 5.45. The molecule has 1 saturated heterocycles. The molecule has 3 rings (SSSR count). The molecular weight excluding hydrogens is 326 g/mol. The second kappa shape index (κ2) is 6.80. The van der Waals surface area contributed by atoms with Crippen molar-refractivity contribution in [1.82, 2.24) is 25.2 Å². The summed E-state index contributed by atoms with van der Waals surface area (Å²) in [5.41, 5.74) is 0.820. The first-order valence-corrected chi connectivity index (χ1v) is 8.97. The van der Waals surface area contributed by atoms with E-state index in [0.29, 0.717) is 12.3 Å². The van der Waals surface area contributed by atoms with E-state index in [1.54, 1.807) is 0 Å². The van der Waals surface area contributed by atoms with Crippen LogP contribution < -0.4 is 10.6 Å². The van der Waals surface area contributed by atoms with Gasteiger partial charge in [-0.3, -0.25) is 14.0 Å². The largest absolute Gasteiger partial charge is 0.354 e. The number of hydrogen-bond donors (Lipinski definition) is 2. The molecule has 128 valence electrons. The number of hydrogen-bond acceptors (Lipinski definition) is 5. The Balaban J connectivity index is 1.45. The molecule has 1 aliphatic heterocycles. The van der Waals surface area contributed by atoms with Crippen LogP contribution >= 0.6 is 11.8 Å². The predicted octanol–water partition coefficient (Wildman–Crippen LogP) is 0.788. The minimum Gasteiger partial charge on any atom is -0.354 e. The third-order valence-electron chi connectivity index (χ3n) is 4.04. The molecule has 24 heavy (non-hydrogen) atoms. The first-order chi connectivity index (χ1) is 11.5. The topological polar surface area (TPSA) is 88.4 Å². The van der Waals surface area contributed by atoms with Gasteiger partial charge in [0.15, 0.2) is 5.65 Å². The number of nitrogens with zero attached hydrogens (tertiary/aromatic N) is 3. The second-order valence-electron chi connectivity index (χ2n) is 6.29. The molecule has 0 spiro atoms. The SMILES string of the molecule is CC1(C)SC[C@H](C(=O)NCCCc2nnc3ccccn23)NC1=O. The average molecular weight is 347 g/mol. The molecule has 8 heteroatoms. The third kappa shape index (κ3) is 3.53. The summed E-state index contributed by atoms with van der Waals surface area (Å²) in [6.45, 7) is 4.27. The van der Waals surface area contributed by atoms with Gasteiger partial charge in [-0.1, -0.05) is 6.07 Å². The van der Waals surface area contributed by atoms with Gasteiger partial charge in [-0.25, -0.2) is 0 Å². The van der Waals surface area contributed by atoms with Crippen LogP contribution in [0.4, 0.5) is 0 Å². The van der Waals surface area contributed by atoms with Crippen LogP contribution in [0.2, 0.25) is 0 Å². The number of aryl methyl sites for hydroxylation is 1. The van der Waals surface area contributed by atoms with Crippen LogP contribution in [0.25, 0.3) is 5.65 Å². The van der Waals surface area contributed by atoms with Crippen LogP contribution in [-0.4, -0.2) is 49.5 Å². The number of pyridine rings is 1. The molecule has 1 aliphatic rings. The van der Waals surface area contributed by atoms with Crippen molar-refractivity contribution >= 4 is 29.2 Å². The fourth-order valence-electron chi connectivity index (χ4n) is 2.51. The molecule has 0 aliphatic carbocycles. The standard InChI is InChI=1S/C16H21N5O2S/c1-16(2)15(23)18-11(10-24-16)14(22)17-8-5-7-13-20-19-12-6-3-4-9-21(12)13/h3-4,6,9,11H,5,7-8,10H2,1-2H3,(H,17,22)(H,18,23)/t11-/m1/s1. The Morgan fingerprint density at radius 3 is 3.08 bits per heavy atom. The van der Waals surface area contributed by atoms with Gasteiger partial charge < -0.3 is 10.6 Å². The number of carbonyl (C=O) groups excluding carboxylic acids is 2. The lowest BCUT2D eigenvalue weighted by molar-refractivity contribution is -0.129. The summed E-state index contributed by atoms with van der Waals surface area (Å²) in [7, 11) is 0. The maximum absolute atomic E-state index is 12.2. The maximum atomic E-state index is 12.2. The highest BCUT2D eigenvalue weighted by Crippen LogP contribution is 2.28. The number of thioether (sulfide) groups is 1. The Hall–Kier alpha value is -2.09. The first-order valence-electron chi connectivity index (χ1n) is 7.99. The van der Waals surface area contributed by atoms with E-state index in [0.717, 1.165) is 24.3 Å². The van der Waals surface area contributed by atoms with Crippen LogP contribution in [0, 0.1) is 0 Å². The van der Waals surface area contributed by atoms with Gasteiger partial charge in [0.2, 0.25) is 11.8 Å². The number of carbonyl (C=O) groups is 2. The number of fused-ring (bicyclic) bond motifs is 1. The van der Waals surface area contributed by atoms with E-state index in [2.05, 4.69) is 20.8 Å². The van der Waals surface area contributed by atoms with Crippen LogP contribution in [0.1, 0.15) is 26.1 Å². The molecule has 2 N–H and O–H groups in total. The molecule has 1 atom stereocenters. The Morgan fingerprint density at radius 1 is 1.46 bits per heavy atom. The summed E-state index contributed by atoms with van der Waals surface area (Å²) < 4.78 is 1.48. The fourth-order valence-corrected chi connectivity index (χ4v) is 3.52. The molecule has 0 radical (unpaired) electrons. The Bertz CT molecular complexity index is 758. The van der Waals surface area contributed by atoms with Gasteiger partial charge in [-0.2, -0.15) is 0 Å². The normalized spacial score (nSPS) is 19.9. The summed E-state index contributed by atoms with van der Waals surface area (Å²) in [5.74, 6) is 1.26. The summed E-state index contributed by atoms with van der Waals surface area (Å²) in [4.78, 5) is 24.1. The van der Waals surface area contributed by atoms with E-state index >= 15 is 0 Å². The molecule has 0 saturated carbocycles. The highest BCUT2D eigenvalue weighted by atomic mass is 32.2. The van der Waals surface area contributed by atoms with Gasteiger partial charge in [0.05, 0.1) is 4.75 Å². The molecular formula is C16H21N5O2S. The molecule has 0 unspecified atom stereocenters. The van der Waals surface area contributed by atoms with E-state index in [4.69, 9.17) is 0 Å². The Labute approximate surface area is 144 Å². The predicted molar refractivity (Wildman–Crippen MR) is 92.8 cm³/mol. The molecule has 0 aromatic carbocycles. The Morgan fingerprint density at radius 2 is 2.29 bits per heavy atom. The van der Waals surface area contributed by atoms with Crippen LogP contribution in [0.3, 0.4) is 0 Å². The van der Waals surface area contributed by atoms with Gasteiger partial charge in [-0.05, 0) is 32.4 Å². The summed E-state index contributed by atoms with van der Waals surface area (Å²) in [6.07, 6.45) is 3.42. The first kappa shape index (κ1) is 16.8. The van der Waals surface area contributed by atoms with Crippen molar-refractivity contribution in [2.45, 2.75) is 37.5 Å². The lowest BCUT2D eigenvalue weighted by Gasteiger charge is -2.32. The summed E-state index contributed by atoms with van der Waals surface area (Å²) >= 11 is 1.51. The van der Waals surface area contributed by atoms with E-state index in [9.17, 15) is 9.59 Å².